The summed E-state index contributed by atoms with van der Waals surface area (Å²) < 4.78 is 36.1. The summed E-state index contributed by atoms with van der Waals surface area (Å²) in [7, 11) is -2.20. The Hall–Kier alpha value is -3.31. The summed E-state index contributed by atoms with van der Waals surface area (Å²) in [4.78, 5) is 23.0. The fourth-order valence-corrected chi connectivity index (χ4v) is 5.65. The molecule has 0 N–H and O–H groups in total. The number of nitrogens with zero attached hydrogens (tertiary/aromatic N) is 6. The minimum absolute atomic E-state index is 0.0166. The van der Waals surface area contributed by atoms with Crippen molar-refractivity contribution in [3.63, 3.8) is 0 Å². The minimum atomic E-state index is -3.93. The molecular weight excluding hydrogens is 420 g/mol. The van der Waals surface area contributed by atoms with Gasteiger partial charge in [-0.1, -0.05) is 6.07 Å². The van der Waals surface area contributed by atoms with Crippen LogP contribution in [0.4, 0.5) is 0 Å². The lowest BCUT2D eigenvalue weighted by Gasteiger charge is -2.27. The van der Waals surface area contributed by atoms with Gasteiger partial charge in [0, 0.05) is 32.2 Å². The zero-order valence-electron chi connectivity index (χ0n) is 16.7. The van der Waals surface area contributed by atoms with Crippen LogP contribution < -0.4 is 4.74 Å². The lowest BCUT2D eigenvalue weighted by Crippen LogP contribution is -2.46. The van der Waals surface area contributed by atoms with Crippen LogP contribution in [0.25, 0.3) is 0 Å². The van der Waals surface area contributed by atoms with Gasteiger partial charge in [0.25, 0.3) is 5.91 Å². The van der Waals surface area contributed by atoms with Gasteiger partial charge in [-0.15, -0.1) is 0 Å². The first-order valence-corrected chi connectivity index (χ1v) is 11.2. The second-order valence-corrected chi connectivity index (χ2v) is 9.35. The first kappa shape index (κ1) is 19.6. The van der Waals surface area contributed by atoms with Crippen LogP contribution in [0.3, 0.4) is 0 Å². The summed E-state index contributed by atoms with van der Waals surface area (Å²) in [6.45, 7) is 0.470. The van der Waals surface area contributed by atoms with Crippen molar-refractivity contribution in [1.29, 1.82) is 0 Å². The van der Waals surface area contributed by atoms with Crippen molar-refractivity contribution in [3.8, 4) is 5.88 Å². The van der Waals surface area contributed by atoms with Gasteiger partial charge in [0.05, 0.1) is 24.8 Å². The lowest BCUT2D eigenvalue weighted by molar-refractivity contribution is 0.0763. The van der Waals surface area contributed by atoms with E-state index in [1.165, 1.54) is 16.6 Å². The third kappa shape index (κ3) is 3.45. The maximum absolute atomic E-state index is 13.6. The number of carbonyl (C=O) groups is 1. The fourth-order valence-electron chi connectivity index (χ4n) is 3.97. The van der Waals surface area contributed by atoms with Crippen LogP contribution in [-0.2, 0) is 23.6 Å². The number of carbonyl (C=O) groups excluding carboxylic acids is 1. The Labute approximate surface area is 179 Å². The van der Waals surface area contributed by atoms with Gasteiger partial charge in [-0.25, -0.2) is 13.4 Å². The summed E-state index contributed by atoms with van der Waals surface area (Å²) in [6, 6.07) is 9.45. The SMILES string of the molecule is Cn1ccc(C(=O)N2C[C@@H]3[C@@H](C2)Oc2ncccc2S(=O)(=O)N3Cc2ccccn2)n1. The Morgan fingerprint density at radius 3 is 2.71 bits per heavy atom. The second kappa shape index (κ2) is 7.43. The molecule has 1 saturated heterocycles. The number of likely N-dealkylation sites (tertiary alicyclic amines) is 1. The van der Waals surface area contributed by atoms with Gasteiger partial charge in [-0.2, -0.15) is 9.40 Å². The Kier molecular flexibility index (Phi) is 4.71. The smallest absolute Gasteiger partial charge is 0.274 e. The molecule has 2 atom stereocenters. The molecule has 0 radical (unpaired) electrons. The van der Waals surface area contributed by atoms with Gasteiger partial charge < -0.3 is 9.64 Å². The van der Waals surface area contributed by atoms with Crippen molar-refractivity contribution in [2.24, 2.45) is 7.05 Å². The summed E-state index contributed by atoms with van der Waals surface area (Å²) >= 11 is 0. The molecule has 0 bridgehead atoms. The van der Waals surface area contributed by atoms with Gasteiger partial charge in [-0.05, 0) is 30.3 Å². The lowest BCUT2D eigenvalue weighted by atomic mass is 10.2. The van der Waals surface area contributed by atoms with Gasteiger partial charge in [-0.3, -0.25) is 14.5 Å². The van der Waals surface area contributed by atoms with E-state index in [1.807, 2.05) is 6.07 Å². The molecule has 0 spiro atoms. The number of aromatic nitrogens is 4. The van der Waals surface area contributed by atoms with Crippen molar-refractivity contribution in [2.45, 2.75) is 23.6 Å². The van der Waals surface area contributed by atoms with Crippen molar-refractivity contribution in [1.82, 2.24) is 29.0 Å². The Bertz CT molecular complexity index is 1230. The first-order valence-electron chi connectivity index (χ1n) is 9.76. The molecule has 3 aromatic heterocycles. The van der Waals surface area contributed by atoms with E-state index in [4.69, 9.17) is 4.74 Å². The van der Waals surface area contributed by atoms with E-state index in [9.17, 15) is 13.2 Å². The Morgan fingerprint density at radius 1 is 1.13 bits per heavy atom. The quantitative estimate of drug-likeness (QED) is 0.589. The zero-order valence-corrected chi connectivity index (χ0v) is 17.5. The van der Waals surface area contributed by atoms with Crippen molar-refractivity contribution < 1.29 is 17.9 Å². The molecule has 160 valence electrons. The molecular formula is C20H20N6O4S. The number of rotatable bonds is 3. The Morgan fingerprint density at radius 2 is 1.97 bits per heavy atom. The second-order valence-electron chi connectivity index (χ2n) is 7.49. The molecule has 11 heteroatoms. The van der Waals surface area contributed by atoms with E-state index in [-0.39, 0.29) is 36.3 Å². The van der Waals surface area contributed by atoms with Crippen LogP contribution in [0.15, 0.2) is 59.9 Å². The molecule has 5 heterocycles. The highest BCUT2D eigenvalue weighted by atomic mass is 32.2. The summed E-state index contributed by atoms with van der Waals surface area (Å²) in [6.07, 6.45) is 4.23. The number of hydrogen-bond acceptors (Lipinski definition) is 7. The van der Waals surface area contributed by atoms with Crippen LogP contribution in [0.5, 0.6) is 5.88 Å². The normalized spacial score (nSPS) is 22.3. The highest BCUT2D eigenvalue weighted by Gasteiger charge is 2.49. The third-order valence-electron chi connectivity index (χ3n) is 5.46. The molecule has 5 rings (SSSR count). The summed E-state index contributed by atoms with van der Waals surface area (Å²) in [5.41, 5.74) is 0.906. The molecule has 3 aromatic rings. The average Bonchev–Trinajstić information content (AvgIpc) is 3.37. The summed E-state index contributed by atoms with van der Waals surface area (Å²) in [5.74, 6) is -0.221. The molecule has 2 aliphatic heterocycles. The molecule has 0 unspecified atom stereocenters. The van der Waals surface area contributed by atoms with Crippen LogP contribution in [0.2, 0.25) is 0 Å². The van der Waals surface area contributed by atoms with Gasteiger partial charge in [0.15, 0.2) is 0 Å². The minimum Gasteiger partial charge on any atom is -0.470 e. The fraction of sp³-hybridized carbons (Fsp3) is 0.300. The van der Waals surface area contributed by atoms with E-state index in [0.717, 1.165) is 0 Å². The number of ether oxygens (including phenoxy) is 1. The molecule has 0 aliphatic carbocycles. The largest absolute Gasteiger partial charge is 0.470 e. The molecule has 0 aromatic carbocycles. The number of fused-ring (bicyclic) bond motifs is 2. The van der Waals surface area contributed by atoms with E-state index in [2.05, 4.69) is 15.1 Å². The van der Waals surface area contributed by atoms with E-state index >= 15 is 0 Å². The van der Waals surface area contributed by atoms with E-state index < -0.39 is 22.2 Å². The van der Waals surface area contributed by atoms with Crippen molar-refractivity contribution in [3.05, 3.63) is 66.4 Å². The van der Waals surface area contributed by atoms with Crippen LogP contribution in [0.1, 0.15) is 16.2 Å². The zero-order chi connectivity index (χ0) is 21.6. The molecule has 1 fully saturated rings. The highest BCUT2D eigenvalue weighted by molar-refractivity contribution is 7.89. The number of hydrogen-bond donors (Lipinski definition) is 0. The summed E-state index contributed by atoms with van der Waals surface area (Å²) in [5, 5.41) is 4.17. The van der Waals surface area contributed by atoms with Crippen LogP contribution in [0, 0.1) is 0 Å². The molecule has 0 saturated carbocycles. The molecule has 1 amide bonds. The topological polar surface area (TPSA) is 111 Å². The van der Waals surface area contributed by atoms with Crippen molar-refractivity contribution in [2.75, 3.05) is 13.1 Å². The molecule has 31 heavy (non-hydrogen) atoms. The number of sulfonamides is 1. The monoisotopic (exact) mass is 440 g/mol. The standard InChI is InChI=1S/C20H20N6O4S/c1-24-10-7-15(23-24)20(27)25-12-16-17(13-25)30-19-18(6-4-9-22-19)31(28,29)26(16)11-14-5-2-3-8-21-14/h2-10,16-17H,11-13H2,1H3/t16-,17-/m1/s1. The molecule has 2 aliphatic rings. The maximum Gasteiger partial charge on any atom is 0.274 e. The first-order chi connectivity index (χ1) is 14.9. The average molecular weight is 440 g/mol. The predicted molar refractivity (Wildman–Crippen MR) is 109 cm³/mol. The van der Waals surface area contributed by atoms with Crippen molar-refractivity contribution >= 4 is 15.9 Å². The molecule has 10 nitrogen and oxygen atoms in total. The highest BCUT2D eigenvalue weighted by Crippen LogP contribution is 2.35. The van der Waals surface area contributed by atoms with Crippen LogP contribution in [-0.4, -0.2) is 68.5 Å². The number of aryl methyl sites for hydroxylation is 1. The Balaban J connectivity index is 1.53. The number of amides is 1. The predicted octanol–water partition coefficient (Wildman–Crippen LogP) is 0.687. The number of pyridine rings is 2. The van der Waals surface area contributed by atoms with Gasteiger partial charge in [0.2, 0.25) is 15.9 Å². The van der Waals surface area contributed by atoms with Gasteiger partial charge in [0.1, 0.15) is 16.7 Å². The third-order valence-corrected chi connectivity index (χ3v) is 7.34. The van der Waals surface area contributed by atoms with E-state index in [1.54, 1.807) is 53.3 Å². The maximum atomic E-state index is 13.6. The van der Waals surface area contributed by atoms with Gasteiger partial charge >= 0.3 is 0 Å². The van der Waals surface area contributed by atoms with E-state index in [0.29, 0.717) is 11.4 Å². The van der Waals surface area contributed by atoms with Crippen LogP contribution >= 0.6 is 0 Å².